The monoisotopic (exact) mass is 332 g/mol. The van der Waals surface area contributed by atoms with Crippen LogP contribution in [0.5, 0.6) is 0 Å². The molecule has 0 aliphatic rings. The molecule has 0 aliphatic heterocycles. The SMILES string of the molecule is Cc1ccc(NC(=O)c2cccc(NCC(O)CCl)c2)cc1C. The topological polar surface area (TPSA) is 61.4 Å². The molecule has 1 unspecified atom stereocenters. The van der Waals surface area contributed by atoms with Crippen LogP contribution in [0, 0.1) is 13.8 Å². The highest BCUT2D eigenvalue weighted by Crippen LogP contribution is 2.17. The van der Waals surface area contributed by atoms with Gasteiger partial charge in [-0.3, -0.25) is 4.79 Å². The molecule has 122 valence electrons. The van der Waals surface area contributed by atoms with Gasteiger partial charge in [0.15, 0.2) is 0 Å². The summed E-state index contributed by atoms with van der Waals surface area (Å²) in [4.78, 5) is 12.3. The Bertz CT molecular complexity index is 688. The van der Waals surface area contributed by atoms with E-state index in [-0.39, 0.29) is 11.8 Å². The molecule has 3 N–H and O–H groups in total. The number of hydrogen-bond acceptors (Lipinski definition) is 3. The third kappa shape index (κ3) is 4.98. The Morgan fingerprint density at radius 2 is 1.91 bits per heavy atom. The highest BCUT2D eigenvalue weighted by molar-refractivity contribution is 6.18. The van der Waals surface area contributed by atoms with Crippen LogP contribution in [-0.4, -0.2) is 29.5 Å². The Hall–Kier alpha value is -2.04. The van der Waals surface area contributed by atoms with Gasteiger partial charge in [-0.15, -0.1) is 11.6 Å². The van der Waals surface area contributed by atoms with Crippen molar-refractivity contribution < 1.29 is 9.90 Å². The minimum atomic E-state index is -0.621. The molecule has 1 atom stereocenters. The lowest BCUT2D eigenvalue weighted by Crippen LogP contribution is -2.21. The Labute approximate surface area is 141 Å². The van der Waals surface area contributed by atoms with E-state index in [1.54, 1.807) is 18.2 Å². The summed E-state index contributed by atoms with van der Waals surface area (Å²) in [6, 6.07) is 13.0. The van der Waals surface area contributed by atoms with Gasteiger partial charge in [0.2, 0.25) is 0 Å². The number of alkyl halides is 1. The van der Waals surface area contributed by atoms with Gasteiger partial charge in [0.25, 0.3) is 5.91 Å². The number of rotatable bonds is 6. The van der Waals surface area contributed by atoms with Crippen LogP contribution in [0.2, 0.25) is 0 Å². The lowest BCUT2D eigenvalue weighted by atomic mass is 10.1. The van der Waals surface area contributed by atoms with Crippen molar-refractivity contribution in [2.24, 2.45) is 0 Å². The predicted molar refractivity (Wildman–Crippen MR) is 95.5 cm³/mol. The molecule has 0 heterocycles. The molecule has 0 spiro atoms. The Morgan fingerprint density at radius 1 is 1.13 bits per heavy atom. The number of hydrogen-bond donors (Lipinski definition) is 3. The maximum Gasteiger partial charge on any atom is 0.255 e. The molecule has 4 nitrogen and oxygen atoms in total. The molecule has 0 radical (unpaired) electrons. The van der Waals surface area contributed by atoms with Crippen molar-refractivity contribution in [1.82, 2.24) is 0 Å². The van der Waals surface area contributed by atoms with Gasteiger partial charge in [0, 0.05) is 23.5 Å². The van der Waals surface area contributed by atoms with Gasteiger partial charge >= 0.3 is 0 Å². The van der Waals surface area contributed by atoms with Crippen LogP contribution in [0.1, 0.15) is 21.5 Å². The molecule has 0 aromatic heterocycles. The van der Waals surface area contributed by atoms with Crippen molar-refractivity contribution in [1.29, 1.82) is 0 Å². The molecule has 0 saturated carbocycles. The lowest BCUT2D eigenvalue weighted by Gasteiger charge is -2.12. The van der Waals surface area contributed by atoms with Gasteiger partial charge < -0.3 is 15.7 Å². The van der Waals surface area contributed by atoms with E-state index in [4.69, 9.17) is 11.6 Å². The number of nitrogens with one attached hydrogen (secondary N) is 2. The fourth-order valence-corrected chi connectivity index (χ4v) is 2.19. The average Bonchev–Trinajstić information content (AvgIpc) is 2.56. The summed E-state index contributed by atoms with van der Waals surface area (Å²) >= 11 is 5.56. The molecule has 2 rings (SSSR count). The maximum absolute atomic E-state index is 12.3. The summed E-state index contributed by atoms with van der Waals surface area (Å²) < 4.78 is 0. The molecule has 0 fully saturated rings. The quantitative estimate of drug-likeness (QED) is 0.709. The van der Waals surface area contributed by atoms with Crippen LogP contribution >= 0.6 is 11.6 Å². The molecule has 5 heteroatoms. The summed E-state index contributed by atoms with van der Waals surface area (Å²) in [5.74, 6) is -0.00487. The first-order valence-electron chi connectivity index (χ1n) is 7.46. The van der Waals surface area contributed by atoms with Crippen molar-refractivity contribution >= 4 is 28.9 Å². The molecule has 23 heavy (non-hydrogen) atoms. The highest BCUT2D eigenvalue weighted by Gasteiger charge is 2.08. The second-order valence-corrected chi connectivity index (χ2v) is 5.83. The maximum atomic E-state index is 12.3. The molecule has 0 saturated heterocycles. The standard InChI is InChI=1S/C18H21ClN2O2/c1-12-6-7-16(8-13(12)2)21-18(23)14-4-3-5-15(9-14)20-11-17(22)10-19/h3-9,17,20,22H,10-11H2,1-2H3,(H,21,23). The second-order valence-electron chi connectivity index (χ2n) is 5.52. The average molecular weight is 333 g/mol. The molecular formula is C18H21ClN2O2. The first-order valence-corrected chi connectivity index (χ1v) is 7.99. The summed E-state index contributed by atoms with van der Waals surface area (Å²) in [5, 5.41) is 15.4. The Balaban J connectivity index is 2.05. The van der Waals surface area contributed by atoms with E-state index in [2.05, 4.69) is 10.6 Å². The van der Waals surface area contributed by atoms with Crippen molar-refractivity contribution in [3.63, 3.8) is 0 Å². The lowest BCUT2D eigenvalue weighted by molar-refractivity contribution is 0.102. The minimum absolute atomic E-state index is 0.167. The number of benzene rings is 2. The molecule has 2 aromatic carbocycles. The van der Waals surface area contributed by atoms with E-state index in [1.807, 2.05) is 38.1 Å². The highest BCUT2D eigenvalue weighted by atomic mass is 35.5. The molecule has 0 bridgehead atoms. The Morgan fingerprint density at radius 3 is 2.61 bits per heavy atom. The van der Waals surface area contributed by atoms with Gasteiger partial charge in [0.05, 0.1) is 12.0 Å². The van der Waals surface area contributed by atoms with E-state index >= 15 is 0 Å². The molecule has 0 aliphatic carbocycles. The van der Waals surface area contributed by atoms with E-state index in [9.17, 15) is 9.90 Å². The number of aliphatic hydroxyl groups excluding tert-OH is 1. The van der Waals surface area contributed by atoms with Crippen LogP contribution in [0.3, 0.4) is 0 Å². The smallest absolute Gasteiger partial charge is 0.255 e. The van der Waals surface area contributed by atoms with Crippen molar-refractivity contribution in [3.8, 4) is 0 Å². The second kappa shape index (κ2) is 7.99. The number of aliphatic hydroxyl groups is 1. The van der Waals surface area contributed by atoms with Crippen LogP contribution < -0.4 is 10.6 Å². The van der Waals surface area contributed by atoms with Crippen LogP contribution in [0.4, 0.5) is 11.4 Å². The summed E-state index contributed by atoms with van der Waals surface area (Å²) in [6.07, 6.45) is -0.621. The van der Waals surface area contributed by atoms with Crippen LogP contribution in [0.25, 0.3) is 0 Å². The summed E-state index contributed by atoms with van der Waals surface area (Å²) in [7, 11) is 0. The third-order valence-electron chi connectivity index (χ3n) is 3.61. The van der Waals surface area contributed by atoms with E-state index in [0.717, 1.165) is 16.9 Å². The number of anilines is 2. The number of amides is 1. The molecule has 2 aromatic rings. The fraction of sp³-hybridized carbons (Fsp3) is 0.278. The van der Waals surface area contributed by atoms with Crippen molar-refractivity contribution in [2.75, 3.05) is 23.1 Å². The van der Waals surface area contributed by atoms with E-state index < -0.39 is 6.10 Å². The summed E-state index contributed by atoms with van der Waals surface area (Å²) in [5.41, 5.74) is 4.41. The van der Waals surface area contributed by atoms with Gasteiger partial charge in [0.1, 0.15) is 0 Å². The van der Waals surface area contributed by atoms with Gasteiger partial charge in [-0.2, -0.15) is 0 Å². The normalized spacial score (nSPS) is 11.8. The first-order chi connectivity index (χ1) is 11.0. The number of carbonyl (C=O) groups excluding carboxylic acids is 1. The minimum Gasteiger partial charge on any atom is -0.390 e. The number of carbonyl (C=O) groups is 1. The van der Waals surface area contributed by atoms with Crippen molar-refractivity contribution in [3.05, 3.63) is 59.2 Å². The largest absolute Gasteiger partial charge is 0.390 e. The van der Waals surface area contributed by atoms with Crippen LogP contribution in [0.15, 0.2) is 42.5 Å². The van der Waals surface area contributed by atoms with Gasteiger partial charge in [-0.05, 0) is 55.3 Å². The number of aryl methyl sites for hydroxylation is 2. The van der Waals surface area contributed by atoms with Gasteiger partial charge in [-0.25, -0.2) is 0 Å². The zero-order valence-corrected chi connectivity index (χ0v) is 14.0. The van der Waals surface area contributed by atoms with Crippen molar-refractivity contribution in [2.45, 2.75) is 20.0 Å². The van der Waals surface area contributed by atoms with E-state index in [1.165, 1.54) is 5.56 Å². The molecular weight excluding hydrogens is 312 g/mol. The van der Waals surface area contributed by atoms with Crippen LogP contribution in [-0.2, 0) is 0 Å². The van der Waals surface area contributed by atoms with E-state index in [0.29, 0.717) is 12.1 Å². The number of halogens is 1. The zero-order valence-electron chi connectivity index (χ0n) is 13.3. The third-order valence-corrected chi connectivity index (χ3v) is 3.97. The molecule has 1 amide bonds. The predicted octanol–water partition coefficient (Wildman–Crippen LogP) is 3.57. The zero-order chi connectivity index (χ0) is 16.8. The fourth-order valence-electron chi connectivity index (χ4n) is 2.08. The van der Waals surface area contributed by atoms with Gasteiger partial charge in [-0.1, -0.05) is 12.1 Å². The summed E-state index contributed by atoms with van der Waals surface area (Å²) in [6.45, 7) is 4.38. The Kier molecular flexibility index (Phi) is 6.02. The first kappa shape index (κ1) is 17.3.